The first-order valence-electron chi connectivity index (χ1n) is 8.72. The zero-order valence-electron chi connectivity index (χ0n) is 15.2. The van der Waals surface area contributed by atoms with Crippen molar-refractivity contribution < 1.29 is 15.0 Å². The molecule has 6 heteroatoms. The van der Waals surface area contributed by atoms with Crippen LogP contribution >= 0.6 is 0 Å². The summed E-state index contributed by atoms with van der Waals surface area (Å²) in [5.74, 6) is -0.713. The van der Waals surface area contributed by atoms with Gasteiger partial charge in [-0.15, -0.1) is 15.0 Å². The number of carbonyl (C=O) groups is 1. The molecule has 0 spiro atoms. The number of carboxylic acids is 1. The highest BCUT2D eigenvalue weighted by Gasteiger charge is 2.25. The number of hydrogen-bond acceptors (Lipinski definition) is 4. The molecule has 0 fully saturated rings. The molecule has 1 heterocycles. The van der Waals surface area contributed by atoms with E-state index in [0.717, 1.165) is 28.6 Å². The molecule has 0 bridgehead atoms. The third kappa shape index (κ3) is 3.40. The van der Waals surface area contributed by atoms with Crippen LogP contribution in [0.2, 0.25) is 0 Å². The predicted molar refractivity (Wildman–Crippen MR) is 99.8 cm³/mol. The minimum absolute atomic E-state index is 0.0325. The van der Waals surface area contributed by atoms with Crippen molar-refractivity contribution in [2.45, 2.75) is 45.4 Å². The summed E-state index contributed by atoms with van der Waals surface area (Å²) in [5, 5.41) is 28.8. The van der Waals surface area contributed by atoms with E-state index in [-0.39, 0.29) is 17.6 Å². The van der Waals surface area contributed by atoms with Gasteiger partial charge in [-0.3, -0.25) is 4.79 Å². The summed E-state index contributed by atoms with van der Waals surface area (Å²) in [6.45, 7) is 6.17. The third-order valence-electron chi connectivity index (χ3n) is 4.89. The summed E-state index contributed by atoms with van der Waals surface area (Å²) in [6.07, 6.45) is 1.25. The van der Waals surface area contributed by atoms with Crippen molar-refractivity contribution in [3.8, 4) is 11.4 Å². The molecule has 0 saturated carbocycles. The van der Waals surface area contributed by atoms with Crippen molar-refractivity contribution in [1.82, 2.24) is 15.0 Å². The third-order valence-corrected chi connectivity index (χ3v) is 4.89. The number of aromatic nitrogens is 3. The molecule has 3 aromatic rings. The van der Waals surface area contributed by atoms with E-state index in [1.165, 1.54) is 4.80 Å². The second kappa shape index (κ2) is 6.78. The molecule has 0 amide bonds. The van der Waals surface area contributed by atoms with Crippen LogP contribution in [0.3, 0.4) is 0 Å². The number of aryl methyl sites for hydroxylation is 1. The van der Waals surface area contributed by atoms with E-state index in [1.807, 2.05) is 30.3 Å². The molecular weight excluding hydrogens is 330 g/mol. The van der Waals surface area contributed by atoms with E-state index < -0.39 is 5.97 Å². The van der Waals surface area contributed by atoms with Crippen LogP contribution in [0.1, 0.15) is 44.7 Å². The molecular formula is C20H23N3O3. The van der Waals surface area contributed by atoms with Gasteiger partial charge in [-0.2, -0.15) is 0 Å². The normalized spacial score (nSPS) is 11.8. The summed E-state index contributed by atoms with van der Waals surface area (Å²) in [7, 11) is 0. The fourth-order valence-corrected chi connectivity index (χ4v) is 2.90. The highest BCUT2D eigenvalue weighted by atomic mass is 16.4. The monoisotopic (exact) mass is 353 g/mol. The molecule has 3 rings (SSSR count). The van der Waals surface area contributed by atoms with Crippen LogP contribution in [0.4, 0.5) is 0 Å². The second-order valence-corrected chi connectivity index (χ2v) is 7.12. The van der Waals surface area contributed by atoms with Crippen molar-refractivity contribution in [3.63, 3.8) is 0 Å². The quantitative estimate of drug-likeness (QED) is 0.703. The van der Waals surface area contributed by atoms with Crippen molar-refractivity contribution in [3.05, 3.63) is 47.5 Å². The lowest BCUT2D eigenvalue weighted by molar-refractivity contribution is -0.136. The molecule has 2 aromatic carbocycles. The Bertz CT molecular complexity index is 927. The lowest BCUT2D eigenvalue weighted by Gasteiger charge is -2.26. The van der Waals surface area contributed by atoms with Crippen LogP contribution in [0, 0.1) is 0 Å². The van der Waals surface area contributed by atoms with Crippen LogP contribution in [0.25, 0.3) is 16.7 Å². The van der Waals surface area contributed by atoms with Crippen molar-refractivity contribution in [2.24, 2.45) is 0 Å². The highest BCUT2D eigenvalue weighted by Crippen LogP contribution is 2.38. The van der Waals surface area contributed by atoms with Gasteiger partial charge in [0.05, 0.1) is 0 Å². The molecule has 0 radical (unpaired) electrons. The first kappa shape index (κ1) is 17.9. The Kier molecular flexibility index (Phi) is 4.68. The maximum absolute atomic E-state index is 11.0. The first-order chi connectivity index (χ1) is 12.3. The highest BCUT2D eigenvalue weighted by molar-refractivity contribution is 5.74. The van der Waals surface area contributed by atoms with Gasteiger partial charge in [-0.25, -0.2) is 0 Å². The van der Waals surface area contributed by atoms with E-state index in [4.69, 9.17) is 5.11 Å². The Morgan fingerprint density at radius 3 is 2.31 bits per heavy atom. The van der Waals surface area contributed by atoms with Gasteiger partial charge >= 0.3 is 5.97 Å². The molecule has 0 aliphatic carbocycles. The molecule has 1 aromatic heterocycles. The van der Waals surface area contributed by atoms with Gasteiger partial charge in [-0.1, -0.05) is 39.0 Å². The Morgan fingerprint density at radius 1 is 1.15 bits per heavy atom. The van der Waals surface area contributed by atoms with Gasteiger partial charge in [-0.05, 0) is 42.0 Å². The fourth-order valence-electron chi connectivity index (χ4n) is 2.90. The maximum Gasteiger partial charge on any atom is 0.303 e. The summed E-state index contributed by atoms with van der Waals surface area (Å²) in [4.78, 5) is 12.4. The SMILES string of the molecule is CCC(C)(C)c1cc(CCC(=O)O)cc(-n2nc3ccccc3n2)c1O. The Balaban J connectivity index is 2.17. The van der Waals surface area contributed by atoms with Gasteiger partial charge in [0.1, 0.15) is 22.5 Å². The zero-order valence-corrected chi connectivity index (χ0v) is 15.2. The standard InChI is InChI=1S/C20H23N3O3/c1-4-20(2,3)14-11-13(9-10-18(24)25)12-17(19(14)26)23-21-15-7-5-6-8-16(15)22-23/h5-8,11-12,26H,4,9-10H2,1-3H3,(H,24,25). The van der Waals surface area contributed by atoms with Gasteiger partial charge in [0.15, 0.2) is 0 Å². The number of phenols is 1. The van der Waals surface area contributed by atoms with Gasteiger partial charge < -0.3 is 10.2 Å². The van der Waals surface area contributed by atoms with Crippen LogP contribution in [-0.2, 0) is 16.6 Å². The number of aromatic hydroxyl groups is 1. The molecule has 136 valence electrons. The Hall–Kier alpha value is -2.89. The van der Waals surface area contributed by atoms with Crippen LogP contribution < -0.4 is 0 Å². The smallest absolute Gasteiger partial charge is 0.303 e. The fraction of sp³-hybridized carbons (Fsp3) is 0.350. The van der Waals surface area contributed by atoms with Crippen molar-refractivity contribution >= 4 is 17.0 Å². The molecule has 0 saturated heterocycles. The van der Waals surface area contributed by atoms with Gasteiger partial charge in [0.2, 0.25) is 0 Å². The number of carboxylic acid groups (broad SMARTS) is 1. The van der Waals surface area contributed by atoms with E-state index in [1.54, 1.807) is 6.07 Å². The molecule has 26 heavy (non-hydrogen) atoms. The summed E-state index contributed by atoms with van der Waals surface area (Å²) >= 11 is 0. The molecule has 0 atom stereocenters. The zero-order chi connectivity index (χ0) is 18.9. The minimum atomic E-state index is -0.848. The van der Waals surface area contributed by atoms with E-state index in [9.17, 15) is 9.90 Å². The average Bonchev–Trinajstić information content (AvgIpc) is 3.04. The van der Waals surface area contributed by atoms with Crippen LogP contribution in [0.5, 0.6) is 5.75 Å². The number of hydrogen-bond donors (Lipinski definition) is 2. The predicted octanol–water partition coefficient (Wildman–Crippen LogP) is 3.83. The second-order valence-electron chi connectivity index (χ2n) is 7.12. The summed E-state index contributed by atoms with van der Waals surface area (Å²) in [5.41, 5.74) is 3.31. The molecule has 2 N–H and O–H groups in total. The Morgan fingerprint density at radius 2 is 1.77 bits per heavy atom. The molecule has 0 aliphatic heterocycles. The van der Waals surface area contributed by atoms with E-state index in [0.29, 0.717) is 12.1 Å². The van der Waals surface area contributed by atoms with Crippen LogP contribution in [0.15, 0.2) is 36.4 Å². The average molecular weight is 353 g/mol. The molecule has 0 aliphatic rings. The van der Waals surface area contributed by atoms with Gasteiger partial charge in [0.25, 0.3) is 0 Å². The van der Waals surface area contributed by atoms with Crippen molar-refractivity contribution in [2.75, 3.05) is 0 Å². The largest absolute Gasteiger partial charge is 0.505 e. The number of fused-ring (bicyclic) bond motifs is 1. The lowest BCUT2D eigenvalue weighted by atomic mass is 9.80. The number of aliphatic carboxylic acids is 1. The minimum Gasteiger partial charge on any atom is -0.505 e. The molecule has 6 nitrogen and oxygen atoms in total. The van der Waals surface area contributed by atoms with Gasteiger partial charge in [0, 0.05) is 12.0 Å². The van der Waals surface area contributed by atoms with E-state index in [2.05, 4.69) is 31.0 Å². The molecule has 0 unspecified atom stereocenters. The van der Waals surface area contributed by atoms with Crippen LogP contribution in [-0.4, -0.2) is 31.2 Å². The van der Waals surface area contributed by atoms with Crippen molar-refractivity contribution in [1.29, 1.82) is 0 Å². The topological polar surface area (TPSA) is 88.2 Å². The summed E-state index contributed by atoms with van der Waals surface area (Å²) < 4.78 is 0. The maximum atomic E-state index is 11.0. The van der Waals surface area contributed by atoms with E-state index >= 15 is 0 Å². The number of benzene rings is 2. The number of phenolic OH excluding ortho intramolecular Hbond substituents is 1. The summed E-state index contributed by atoms with van der Waals surface area (Å²) in [6, 6.07) is 11.2. The Labute approximate surface area is 152 Å². The first-order valence-corrected chi connectivity index (χ1v) is 8.72. The lowest BCUT2D eigenvalue weighted by Crippen LogP contribution is -2.17. The number of nitrogens with zero attached hydrogens (tertiary/aromatic N) is 3. The number of rotatable bonds is 6.